The molecular weight excluding hydrogens is 382 g/mol. The maximum atomic E-state index is 13.5. The summed E-state index contributed by atoms with van der Waals surface area (Å²) in [5.41, 5.74) is 2.14. The maximum Gasteiger partial charge on any atom is 0.263 e. The van der Waals surface area contributed by atoms with Gasteiger partial charge in [0.05, 0.1) is 0 Å². The zero-order valence-corrected chi connectivity index (χ0v) is 17.0. The van der Waals surface area contributed by atoms with E-state index in [1.165, 1.54) is 0 Å². The Morgan fingerprint density at radius 2 is 2.20 bits per heavy atom. The Kier molecular flexibility index (Phi) is 4.57. The molecule has 9 nitrogen and oxygen atoms in total. The number of aryl methyl sites for hydroxylation is 1. The van der Waals surface area contributed by atoms with E-state index in [1.54, 1.807) is 13.1 Å². The lowest BCUT2D eigenvalue weighted by molar-refractivity contribution is 0.0988. The summed E-state index contributed by atoms with van der Waals surface area (Å²) < 4.78 is 5.11. The van der Waals surface area contributed by atoms with Gasteiger partial charge in [0.1, 0.15) is 11.4 Å². The molecule has 1 unspecified atom stereocenters. The van der Waals surface area contributed by atoms with Crippen LogP contribution in [0.2, 0.25) is 0 Å². The van der Waals surface area contributed by atoms with Gasteiger partial charge in [0.25, 0.3) is 5.91 Å². The Labute approximate surface area is 174 Å². The Morgan fingerprint density at radius 3 is 3.00 bits per heavy atom. The predicted molar refractivity (Wildman–Crippen MR) is 113 cm³/mol. The number of carbonyl (C=O) groups excluding carboxylic acids is 1. The maximum absolute atomic E-state index is 13.5. The van der Waals surface area contributed by atoms with Crippen LogP contribution in [0.1, 0.15) is 36.0 Å². The summed E-state index contributed by atoms with van der Waals surface area (Å²) >= 11 is 0. The lowest BCUT2D eigenvalue weighted by atomic mass is 10.1. The van der Waals surface area contributed by atoms with Crippen molar-refractivity contribution >= 4 is 23.4 Å². The molecule has 30 heavy (non-hydrogen) atoms. The van der Waals surface area contributed by atoms with E-state index in [9.17, 15) is 4.79 Å². The molecule has 1 atom stereocenters. The number of fused-ring (bicyclic) bond motifs is 3. The van der Waals surface area contributed by atoms with Gasteiger partial charge in [-0.15, -0.1) is 0 Å². The first-order chi connectivity index (χ1) is 14.6. The Morgan fingerprint density at radius 1 is 1.30 bits per heavy atom. The minimum absolute atomic E-state index is 0.0936. The number of anilines is 3. The van der Waals surface area contributed by atoms with Crippen molar-refractivity contribution in [3.05, 3.63) is 41.9 Å². The highest BCUT2D eigenvalue weighted by Crippen LogP contribution is 2.34. The van der Waals surface area contributed by atoms with Crippen molar-refractivity contribution in [1.29, 1.82) is 0 Å². The summed E-state index contributed by atoms with van der Waals surface area (Å²) in [6.45, 7) is 5.97. The minimum Gasteiger partial charge on any atom is -0.354 e. The van der Waals surface area contributed by atoms with Crippen molar-refractivity contribution in [3.63, 3.8) is 0 Å². The second-order valence-corrected chi connectivity index (χ2v) is 7.55. The molecular formula is C21H23N7O2. The molecule has 2 aromatic heterocycles. The summed E-state index contributed by atoms with van der Waals surface area (Å²) in [5.74, 6) is 2.20. The second kappa shape index (κ2) is 7.40. The van der Waals surface area contributed by atoms with Crippen LogP contribution in [0.15, 0.2) is 35.0 Å². The van der Waals surface area contributed by atoms with E-state index in [0.29, 0.717) is 29.8 Å². The van der Waals surface area contributed by atoms with Gasteiger partial charge >= 0.3 is 0 Å². The van der Waals surface area contributed by atoms with E-state index in [4.69, 9.17) is 4.52 Å². The van der Waals surface area contributed by atoms with Crippen molar-refractivity contribution in [3.8, 4) is 11.4 Å². The summed E-state index contributed by atoms with van der Waals surface area (Å²) in [5, 5.41) is 7.15. The number of aromatic nitrogens is 4. The summed E-state index contributed by atoms with van der Waals surface area (Å²) in [6, 6.07) is 7.91. The quantitative estimate of drug-likeness (QED) is 0.707. The number of amides is 1. The minimum atomic E-state index is -0.0936. The van der Waals surface area contributed by atoms with Gasteiger partial charge in [-0.05, 0) is 31.9 Å². The topological polar surface area (TPSA) is 100 Å². The third-order valence-corrected chi connectivity index (χ3v) is 5.57. The molecule has 0 spiro atoms. The highest BCUT2D eigenvalue weighted by Gasteiger charge is 2.37. The number of benzene rings is 1. The van der Waals surface area contributed by atoms with Crippen molar-refractivity contribution in [2.45, 2.75) is 32.7 Å². The van der Waals surface area contributed by atoms with Crippen molar-refractivity contribution in [2.75, 3.05) is 34.8 Å². The molecule has 1 amide bonds. The number of nitrogens with zero attached hydrogens (tertiary/aromatic N) is 6. The molecule has 5 rings (SSSR count). The van der Waals surface area contributed by atoms with Crippen molar-refractivity contribution in [1.82, 2.24) is 20.1 Å². The van der Waals surface area contributed by atoms with Gasteiger partial charge < -0.3 is 19.6 Å². The van der Waals surface area contributed by atoms with Crippen molar-refractivity contribution < 1.29 is 9.32 Å². The zero-order valence-electron chi connectivity index (χ0n) is 17.0. The number of carbonyl (C=O) groups is 1. The largest absolute Gasteiger partial charge is 0.354 e. The molecule has 1 fully saturated rings. The Hall–Kier alpha value is -3.49. The van der Waals surface area contributed by atoms with E-state index >= 15 is 0 Å². The Bertz CT molecular complexity index is 1100. The van der Waals surface area contributed by atoms with Crippen LogP contribution < -0.4 is 15.1 Å². The van der Waals surface area contributed by atoms with Crippen LogP contribution in [0.4, 0.5) is 17.5 Å². The van der Waals surface area contributed by atoms with Gasteiger partial charge in [-0.1, -0.05) is 17.3 Å². The number of hydrogen-bond acceptors (Lipinski definition) is 8. The molecule has 0 bridgehead atoms. The first kappa shape index (κ1) is 18.5. The van der Waals surface area contributed by atoms with Crippen LogP contribution in [-0.2, 0) is 0 Å². The second-order valence-electron chi connectivity index (χ2n) is 7.55. The van der Waals surface area contributed by atoms with E-state index in [1.807, 2.05) is 36.1 Å². The third kappa shape index (κ3) is 3.16. The molecule has 3 aromatic rings. The fourth-order valence-corrected chi connectivity index (χ4v) is 4.18. The molecule has 0 aliphatic carbocycles. The molecule has 1 saturated heterocycles. The molecule has 2 aliphatic heterocycles. The zero-order chi connectivity index (χ0) is 20.7. The van der Waals surface area contributed by atoms with Crippen LogP contribution in [0.25, 0.3) is 11.4 Å². The smallest absolute Gasteiger partial charge is 0.263 e. The van der Waals surface area contributed by atoms with Crippen LogP contribution in [0.3, 0.4) is 0 Å². The van der Waals surface area contributed by atoms with Crippen LogP contribution >= 0.6 is 0 Å². The molecule has 1 aromatic carbocycles. The van der Waals surface area contributed by atoms with Crippen molar-refractivity contribution in [2.24, 2.45) is 0 Å². The Balaban J connectivity index is 1.56. The monoisotopic (exact) mass is 405 g/mol. The standard InChI is InChI=1S/C21H23N7O2/c1-3-22-21-23-11-17-19(25-21)27-9-5-8-16(27)12-28(20(17)29)15-7-4-6-14(10-15)18-24-13(2)30-26-18/h4,6-7,10-11,16H,3,5,8-9,12H2,1-2H3,(H,22,23,25). The highest BCUT2D eigenvalue weighted by molar-refractivity contribution is 6.10. The van der Waals surface area contributed by atoms with Gasteiger partial charge in [0, 0.05) is 50.0 Å². The lowest BCUT2D eigenvalue weighted by Crippen LogP contribution is -2.39. The fourth-order valence-electron chi connectivity index (χ4n) is 4.18. The normalized spacial score (nSPS) is 18.2. The SMILES string of the molecule is CCNc1ncc2c(n1)N1CCCC1CN(c1cccc(-c3noc(C)n3)c1)C2=O. The lowest BCUT2D eigenvalue weighted by Gasteiger charge is -2.27. The fraction of sp³-hybridized carbons (Fsp3) is 0.381. The summed E-state index contributed by atoms with van der Waals surface area (Å²) in [6.07, 6.45) is 3.74. The first-order valence-electron chi connectivity index (χ1n) is 10.2. The van der Waals surface area contributed by atoms with Gasteiger partial charge in [-0.25, -0.2) is 4.98 Å². The third-order valence-electron chi connectivity index (χ3n) is 5.57. The van der Waals surface area contributed by atoms with Crippen LogP contribution in [-0.4, -0.2) is 51.7 Å². The molecule has 1 N–H and O–H groups in total. The molecule has 2 aliphatic rings. The van der Waals surface area contributed by atoms with E-state index in [0.717, 1.165) is 43.0 Å². The molecule has 0 saturated carbocycles. The van der Waals surface area contributed by atoms with E-state index < -0.39 is 0 Å². The van der Waals surface area contributed by atoms with Crippen LogP contribution in [0, 0.1) is 6.92 Å². The van der Waals surface area contributed by atoms with Gasteiger partial charge in [-0.3, -0.25) is 4.79 Å². The summed E-state index contributed by atoms with van der Waals surface area (Å²) in [7, 11) is 0. The highest BCUT2D eigenvalue weighted by atomic mass is 16.5. The number of hydrogen-bond donors (Lipinski definition) is 1. The van der Waals surface area contributed by atoms with Gasteiger partial charge in [0.2, 0.25) is 17.7 Å². The molecule has 4 heterocycles. The van der Waals surface area contributed by atoms with Gasteiger partial charge in [0.15, 0.2) is 0 Å². The molecule has 0 radical (unpaired) electrons. The molecule has 9 heteroatoms. The van der Waals surface area contributed by atoms with Crippen LogP contribution in [0.5, 0.6) is 0 Å². The van der Waals surface area contributed by atoms with E-state index in [-0.39, 0.29) is 11.9 Å². The average Bonchev–Trinajstić information content (AvgIpc) is 3.38. The first-order valence-corrected chi connectivity index (χ1v) is 10.2. The predicted octanol–water partition coefficient (Wildman–Crippen LogP) is 2.90. The van der Waals surface area contributed by atoms with E-state index in [2.05, 4.69) is 30.3 Å². The molecule has 154 valence electrons. The number of rotatable bonds is 4. The van der Waals surface area contributed by atoms with Gasteiger partial charge in [-0.2, -0.15) is 9.97 Å². The number of nitrogens with one attached hydrogen (secondary N) is 1. The average molecular weight is 405 g/mol. The summed E-state index contributed by atoms with van der Waals surface area (Å²) in [4.78, 5) is 30.9.